The van der Waals surface area contributed by atoms with Crippen molar-refractivity contribution >= 4 is 23.2 Å². The van der Waals surface area contributed by atoms with Crippen molar-refractivity contribution in [2.24, 2.45) is 5.73 Å². The average Bonchev–Trinajstić information content (AvgIpc) is 2.91. The molecule has 0 aromatic heterocycles. The number of nitrogens with zero attached hydrogens (tertiary/aromatic N) is 1. The molecule has 37 heavy (non-hydrogen) atoms. The van der Waals surface area contributed by atoms with Crippen molar-refractivity contribution in [1.82, 2.24) is 0 Å². The number of anilines is 2. The normalized spacial score (nSPS) is 17.5. The highest BCUT2D eigenvalue weighted by molar-refractivity contribution is 6.07. The number of rotatable bonds is 9. The molecule has 0 spiro atoms. The Hall–Kier alpha value is -4.24. The van der Waals surface area contributed by atoms with Gasteiger partial charge in [0.1, 0.15) is 5.75 Å². The highest BCUT2D eigenvalue weighted by Crippen LogP contribution is 2.52. The molecule has 1 fully saturated rings. The molecule has 1 aliphatic rings. The molecule has 1 aliphatic heterocycles. The van der Waals surface area contributed by atoms with Gasteiger partial charge in [0.2, 0.25) is 17.6 Å². The molecule has 3 atom stereocenters. The SMILES string of the molecule is COc1ccc([C@H]2[C@H](c3ccccc3)C(=O)N2c2cc(OC)c(OC)c(OC)c2)cc1NC(=O)[C@H](C)N. The topological polar surface area (TPSA) is 112 Å². The van der Waals surface area contributed by atoms with Crippen molar-refractivity contribution in [2.45, 2.75) is 24.9 Å². The Morgan fingerprint density at radius 2 is 1.49 bits per heavy atom. The first-order valence-corrected chi connectivity index (χ1v) is 11.8. The van der Waals surface area contributed by atoms with E-state index in [9.17, 15) is 9.59 Å². The largest absolute Gasteiger partial charge is 0.495 e. The van der Waals surface area contributed by atoms with Crippen LogP contribution in [0.15, 0.2) is 60.7 Å². The third kappa shape index (κ3) is 4.77. The smallest absolute Gasteiger partial charge is 0.241 e. The third-order valence-electron chi connectivity index (χ3n) is 6.42. The van der Waals surface area contributed by atoms with E-state index in [1.165, 1.54) is 28.4 Å². The van der Waals surface area contributed by atoms with Crippen molar-refractivity contribution < 1.29 is 28.5 Å². The van der Waals surface area contributed by atoms with E-state index in [0.717, 1.165) is 11.1 Å². The molecule has 1 heterocycles. The van der Waals surface area contributed by atoms with Crippen molar-refractivity contribution in [3.05, 3.63) is 71.8 Å². The highest BCUT2D eigenvalue weighted by atomic mass is 16.5. The van der Waals surface area contributed by atoms with Gasteiger partial charge < -0.3 is 34.9 Å². The number of hydrogen-bond acceptors (Lipinski definition) is 7. The predicted octanol–water partition coefficient (Wildman–Crippen LogP) is 3.88. The standard InChI is InChI=1S/C28H31N3O6/c1-16(29)27(32)30-20-13-18(11-12-21(20)34-2)25-24(17-9-7-6-8-10-17)28(33)31(25)19-14-22(35-3)26(37-5)23(15-19)36-4/h6-16,24-25H,29H2,1-5H3,(H,30,32)/t16-,24-,25-/m0/s1. The first kappa shape index (κ1) is 25.8. The van der Waals surface area contributed by atoms with Gasteiger partial charge in [-0.2, -0.15) is 0 Å². The number of methoxy groups -OCH3 is 4. The molecule has 3 aromatic rings. The van der Waals surface area contributed by atoms with Gasteiger partial charge in [0.15, 0.2) is 11.5 Å². The molecule has 3 N–H and O–H groups in total. The van der Waals surface area contributed by atoms with E-state index < -0.39 is 12.0 Å². The molecule has 3 aromatic carbocycles. The summed E-state index contributed by atoms with van der Waals surface area (Å²) in [6, 6.07) is 17.5. The summed E-state index contributed by atoms with van der Waals surface area (Å²) in [5, 5.41) is 2.83. The predicted molar refractivity (Wildman–Crippen MR) is 141 cm³/mol. The average molecular weight is 506 g/mol. The van der Waals surface area contributed by atoms with Crippen LogP contribution in [0.1, 0.15) is 30.0 Å². The summed E-state index contributed by atoms with van der Waals surface area (Å²) < 4.78 is 22.0. The number of ether oxygens (including phenoxy) is 4. The van der Waals surface area contributed by atoms with Crippen LogP contribution in [0.3, 0.4) is 0 Å². The lowest BCUT2D eigenvalue weighted by Gasteiger charge is -2.48. The lowest BCUT2D eigenvalue weighted by molar-refractivity contribution is -0.126. The van der Waals surface area contributed by atoms with E-state index in [1.54, 1.807) is 30.0 Å². The number of nitrogens with one attached hydrogen (secondary N) is 1. The van der Waals surface area contributed by atoms with Crippen LogP contribution in [-0.4, -0.2) is 46.3 Å². The fraction of sp³-hybridized carbons (Fsp3) is 0.286. The van der Waals surface area contributed by atoms with Gasteiger partial charge in [-0.25, -0.2) is 0 Å². The molecule has 0 saturated carbocycles. The summed E-state index contributed by atoms with van der Waals surface area (Å²) in [5.41, 5.74) is 8.52. The van der Waals surface area contributed by atoms with Crippen molar-refractivity contribution in [3.8, 4) is 23.0 Å². The number of benzene rings is 3. The first-order chi connectivity index (χ1) is 17.8. The summed E-state index contributed by atoms with van der Waals surface area (Å²) in [6.07, 6.45) is 0. The Balaban J connectivity index is 1.84. The van der Waals surface area contributed by atoms with Crippen molar-refractivity contribution in [3.63, 3.8) is 0 Å². The molecule has 0 unspecified atom stereocenters. The Labute approximate surface area is 216 Å². The van der Waals surface area contributed by atoms with E-state index in [2.05, 4.69) is 5.32 Å². The zero-order valence-corrected chi connectivity index (χ0v) is 21.5. The number of β-lactam (4-membered cyclic amide) rings is 1. The molecular formula is C28H31N3O6. The van der Waals surface area contributed by atoms with Crippen LogP contribution in [0.25, 0.3) is 0 Å². The Morgan fingerprint density at radius 1 is 0.865 bits per heavy atom. The lowest BCUT2D eigenvalue weighted by atomic mass is 9.77. The van der Waals surface area contributed by atoms with E-state index in [1.807, 2.05) is 42.5 Å². The van der Waals surface area contributed by atoms with Gasteiger partial charge in [0.05, 0.1) is 57.8 Å². The number of carbonyl (C=O) groups excluding carboxylic acids is 2. The van der Waals surface area contributed by atoms with Crippen LogP contribution in [0, 0.1) is 0 Å². The summed E-state index contributed by atoms with van der Waals surface area (Å²) in [5.74, 6) is 0.925. The number of amides is 2. The summed E-state index contributed by atoms with van der Waals surface area (Å²) in [6.45, 7) is 1.61. The zero-order valence-electron chi connectivity index (χ0n) is 21.5. The van der Waals surface area contributed by atoms with E-state index >= 15 is 0 Å². The minimum absolute atomic E-state index is 0.0811. The summed E-state index contributed by atoms with van der Waals surface area (Å²) >= 11 is 0. The molecule has 1 saturated heterocycles. The third-order valence-corrected chi connectivity index (χ3v) is 6.42. The maximum absolute atomic E-state index is 13.7. The number of nitrogens with two attached hydrogens (primary N) is 1. The van der Waals surface area contributed by atoms with Gasteiger partial charge in [-0.1, -0.05) is 36.4 Å². The van der Waals surface area contributed by atoms with Crippen LogP contribution in [0.4, 0.5) is 11.4 Å². The summed E-state index contributed by atoms with van der Waals surface area (Å²) in [7, 11) is 6.11. The maximum atomic E-state index is 13.7. The first-order valence-electron chi connectivity index (χ1n) is 11.8. The van der Waals surface area contributed by atoms with Gasteiger partial charge in [-0.05, 0) is 30.2 Å². The van der Waals surface area contributed by atoms with Crippen molar-refractivity contribution in [1.29, 1.82) is 0 Å². The Morgan fingerprint density at radius 3 is 2.03 bits per heavy atom. The fourth-order valence-electron chi connectivity index (χ4n) is 4.56. The van der Waals surface area contributed by atoms with Gasteiger partial charge in [-0.3, -0.25) is 9.59 Å². The van der Waals surface area contributed by atoms with Crippen molar-refractivity contribution in [2.75, 3.05) is 38.7 Å². The molecule has 194 valence electrons. The lowest BCUT2D eigenvalue weighted by Crippen LogP contribution is -2.53. The van der Waals surface area contributed by atoms with Gasteiger partial charge in [-0.15, -0.1) is 0 Å². The zero-order chi connectivity index (χ0) is 26.7. The fourth-order valence-corrected chi connectivity index (χ4v) is 4.56. The maximum Gasteiger partial charge on any atom is 0.241 e. The monoisotopic (exact) mass is 505 g/mol. The van der Waals surface area contributed by atoms with E-state index in [4.69, 9.17) is 24.7 Å². The molecule has 9 nitrogen and oxygen atoms in total. The minimum atomic E-state index is -0.702. The molecule has 4 rings (SSSR count). The van der Waals surface area contributed by atoms with Gasteiger partial charge in [0, 0.05) is 12.1 Å². The molecular weight excluding hydrogens is 474 g/mol. The molecule has 0 bridgehead atoms. The number of carbonyl (C=O) groups is 2. The van der Waals surface area contributed by atoms with E-state index in [0.29, 0.717) is 34.4 Å². The minimum Gasteiger partial charge on any atom is -0.495 e. The molecule has 9 heteroatoms. The Kier molecular flexibility index (Phi) is 7.54. The van der Waals surface area contributed by atoms with Crippen LogP contribution >= 0.6 is 0 Å². The number of hydrogen-bond donors (Lipinski definition) is 2. The van der Waals surface area contributed by atoms with Gasteiger partial charge in [0.25, 0.3) is 0 Å². The quantitative estimate of drug-likeness (QED) is 0.425. The summed E-state index contributed by atoms with van der Waals surface area (Å²) in [4.78, 5) is 27.7. The Bertz CT molecular complexity index is 1270. The van der Waals surface area contributed by atoms with Gasteiger partial charge >= 0.3 is 0 Å². The van der Waals surface area contributed by atoms with Crippen LogP contribution in [0.2, 0.25) is 0 Å². The highest BCUT2D eigenvalue weighted by Gasteiger charge is 2.50. The molecule has 0 aliphatic carbocycles. The van der Waals surface area contributed by atoms with Crippen LogP contribution in [0.5, 0.6) is 23.0 Å². The second-order valence-corrected chi connectivity index (χ2v) is 8.66. The molecule has 0 radical (unpaired) electrons. The second-order valence-electron chi connectivity index (χ2n) is 8.66. The van der Waals surface area contributed by atoms with Crippen LogP contribution in [-0.2, 0) is 9.59 Å². The molecule has 2 amide bonds. The van der Waals surface area contributed by atoms with E-state index in [-0.39, 0.29) is 17.9 Å². The van der Waals surface area contributed by atoms with Crippen LogP contribution < -0.4 is 34.9 Å². The second kappa shape index (κ2) is 10.8.